The lowest BCUT2D eigenvalue weighted by atomic mass is 9.90. The van der Waals surface area contributed by atoms with E-state index >= 15 is 0 Å². The van der Waals surface area contributed by atoms with Crippen LogP contribution in [0.1, 0.15) is 5.56 Å². The standard InChI is InChI=1S/C54H33N4/c1-3-19-37(20-4-1)56-45-29-15-13-27-43(45)47-39-23-9-10-24-40(39)48-49(52(47)56)41-25-11-12-26-42(41)51-50(48)44-28-14-16-30-46(44)58(51)54-55-53(57(54)38-21-5-2-6-22-38)36-32-31-34-17-7-8-18-35(34)33-36/h1-33H/q+1. The molecule has 4 heteroatoms. The molecule has 2 aromatic heterocycles. The van der Waals surface area contributed by atoms with E-state index in [9.17, 15) is 0 Å². The first-order valence-electron chi connectivity index (χ1n) is 19.9. The summed E-state index contributed by atoms with van der Waals surface area (Å²) in [6.07, 6.45) is 0. The molecule has 1 aliphatic heterocycles. The highest BCUT2D eigenvalue weighted by Gasteiger charge is 2.37. The molecule has 4 nitrogen and oxygen atoms in total. The zero-order chi connectivity index (χ0) is 37.9. The van der Waals surface area contributed by atoms with Gasteiger partial charge in [0.25, 0.3) is 5.84 Å². The maximum absolute atomic E-state index is 5.50. The molecular weight excluding hydrogens is 705 g/mol. The number of amidine groups is 1. The Kier molecular flexibility index (Phi) is 6.41. The van der Waals surface area contributed by atoms with Gasteiger partial charge in [0.05, 0.1) is 16.7 Å². The van der Waals surface area contributed by atoms with Crippen LogP contribution >= 0.6 is 0 Å². The molecule has 0 fully saturated rings. The van der Waals surface area contributed by atoms with Crippen LogP contribution in [-0.4, -0.2) is 25.5 Å². The monoisotopic (exact) mass is 737 g/mol. The maximum atomic E-state index is 5.50. The summed E-state index contributed by atoms with van der Waals surface area (Å²) in [5, 5.41) is 14.8. The first kappa shape index (κ1) is 31.4. The predicted octanol–water partition coefficient (Wildman–Crippen LogP) is 13.5. The fourth-order valence-corrected chi connectivity index (χ4v) is 9.88. The van der Waals surface area contributed by atoms with Gasteiger partial charge in [-0.25, -0.2) is 4.57 Å². The fraction of sp³-hybridized carbons (Fsp3) is 0. The Bertz CT molecular complexity index is 3770. The topological polar surface area (TPSA) is 25.2 Å². The summed E-state index contributed by atoms with van der Waals surface area (Å²) < 4.78 is 7.26. The first-order chi connectivity index (χ1) is 28.8. The van der Waals surface area contributed by atoms with Crippen LogP contribution in [0.4, 0.5) is 5.69 Å². The molecule has 0 N–H and O–H groups in total. The van der Waals surface area contributed by atoms with E-state index in [0.29, 0.717) is 0 Å². The van der Waals surface area contributed by atoms with E-state index in [4.69, 9.17) is 4.99 Å². The molecule has 0 saturated heterocycles. The minimum atomic E-state index is 0.883. The molecule has 0 atom stereocenters. The van der Waals surface area contributed by atoms with Crippen molar-refractivity contribution in [2.24, 2.45) is 4.99 Å². The van der Waals surface area contributed by atoms with Crippen molar-refractivity contribution in [3.05, 3.63) is 206 Å². The molecule has 3 heterocycles. The SMILES string of the molecule is c1ccc(-n2c3ccccc3c3c4ccccc4c4c5c6ccccc6n(C6=NC(c7ccc8ccccc8c7)=[N+]6c6ccccc6)c5c5ccccc5c4c32)cc1. The summed E-state index contributed by atoms with van der Waals surface area (Å²) in [6.45, 7) is 0. The number of benzene rings is 10. The van der Waals surface area contributed by atoms with Gasteiger partial charge in [0.2, 0.25) is 0 Å². The van der Waals surface area contributed by atoms with E-state index in [1.54, 1.807) is 0 Å². The van der Waals surface area contributed by atoms with Crippen LogP contribution in [0.5, 0.6) is 0 Å². The zero-order valence-corrected chi connectivity index (χ0v) is 31.3. The van der Waals surface area contributed by atoms with Gasteiger partial charge < -0.3 is 4.57 Å². The number of hydrogen-bond acceptors (Lipinski definition) is 1. The largest absolute Gasteiger partial charge is 0.367 e. The van der Waals surface area contributed by atoms with Gasteiger partial charge in [-0.15, -0.1) is 0 Å². The first-order valence-corrected chi connectivity index (χ1v) is 19.9. The average molecular weight is 738 g/mol. The van der Waals surface area contributed by atoms with Crippen LogP contribution in [0, 0.1) is 0 Å². The van der Waals surface area contributed by atoms with Gasteiger partial charge >= 0.3 is 5.96 Å². The molecule has 0 aliphatic carbocycles. The highest BCUT2D eigenvalue weighted by Crippen LogP contribution is 2.50. The minimum Gasteiger partial charge on any atom is -0.309 e. The molecule has 1 aliphatic rings. The molecule has 0 spiro atoms. The summed E-state index contributed by atoms with van der Waals surface area (Å²) in [4.78, 5) is 5.50. The van der Waals surface area contributed by atoms with Crippen LogP contribution in [0.3, 0.4) is 0 Å². The van der Waals surface area contributed by atoms with E-state index < -0.39 is 0 Å². The van der Waals surface area contributed by atoms with Crippen molar-refractivity contribution >= 4 is 104 Å². The van der Waals surface area contributed by atoms with Crippen molar-refractivity contribution in [2.45, 2.75) is 0 Å². The molecule has 58 heavy (non-hydrogen) atoms. The highest BCUT2D eigenvalue weighted by molar-refractivity contribution is 6.45. The summed E-state index contributed by atoms with van der Waals surface area (Å²) in [6, 6.07) is 72.6. The summed E-state index contributed by atoms with van der Waals surface area (Å²) in [5.74, 6) is 1.82. The molecule has 268 valence electrons. The third-order valence-corrected chi connectivity index (χ3v) is 12.3. The summed E-state index contributed by atoms with van der Waals surface area (Å²) in [7, 11) is 0. The van der Waals surface area contributed by atoms with Crippen molar-refractivity contribution in [2.75, 3.05) is 0 Å². The number of aromatic nitrogens is 2. The molecular formula is C54H33N4+. The van der Waals surface area contributed by atoms with Gasteiger partial charge in [0, 0.05) is 49.0 Å². The van der Waals surface area contributed by atoms with Gasteiger partial charge in [-0.05, 0) is 75.5 Å². The number of rotatable bonds is 3. The number of fused-ring (bicyclic) bond motifs is 16. The number of aliphatic imine (C=N–C) groups is 1. The third kappa shape index (κ3) is 4.18. The van der Waals surface area contributed by atoms with Crippen molar-refractivity contribution in [1.82, 2.24) is 9.13 Å². The Morgan fingerprint density at radius 2 is 0.879 bits per heavy atom. The molecule has 0 radical (unpaired) electrons. The van der Waals surface area contributed by atoms with Crippen molar-refractivity contribution in [3.63, 3.8) is 0 Å². The highest BCUT2D eigenvalue weighted by atomic mass is 15.4. The number of para-hydroxylation sites is 4. The van der Waals surface area contributed by atoms with Crippen LogP contribution < -0.4 is 0 Å². The summed E-state index contributed by atoms with van der Waals surface area (Å²) in [5.41, 5.74) is 8.03. The average Bonchev–Trinajstić information content (AvgIpc) is 3.81. The number of hydrogen-bond donors (Lipinski definition) is 0. The Labute approximate surface area is 333 Å². The molecule has 0 unspecified atom stereocenters. The quantitative estimate of drug-likeness (QED) is 0.127. The molecule has 0 bridgehead atoms. The Balaban J connectivity index is 1.23. The van der Waals surface area contributed by atoms with Gasteiger partial charge in [0.1, 0.15) is 11.0 Å². The Hall–Kier alpha value is -7.82. The minimum absolute atomic E-state index is 0.883. The third-order valence-electron chi connectivity index (χ3n) is 12.3. The molecule has 10 aromatic carbocycles. The van der Waals surface area contributed by atoms with Crippen molar-refractivity contribution in [1.29, 1.82) is 0 Å². The van der Waals surface area contributed by atoms with E-state index in [2.05, 4.69) is 214 Å². The predicted molar refractivity (Wildman–Crippen MR) is 244 cm³/mol. The number of nitrogens with zero attached hydrogens (tertiary/aromatic N) is 4. The van der Waals surface area contributed by atoms with Gasteiger partial charge in [-0.3, -0.25) is 0 Å². The molecule has 13 rings (SSSR count). The van der Waals surface area contributed by atoms with Crippen LogP contribution in [0.25, 0.3) is 92.4 Å². The molecule has 12 aromatic rings. The molecule has 0 amide bonds. The Morgan fingerprint density at radius 3 is 1.60 bits per heavy atom. The second kappa shape index (κ2) is 11.8. The van der Waals surface area contributed by atoms with Gasteiger partial charge in [0.15, 0.2) is 0 Å². The Morgan fingerprint density at radius 1 is 0.362 bits per heavy atom. The lowest BCUT2D eigenvalue weighted by Crippen LogP contribution is -2.38. The van der Waals surface area contributed by atoms with Crippen LogP contribution in [0.15, 0.2) is 205 Å². The smallest absolute Gasteiger partial charge is 0.309 e. The van der Waals surface area contributed by atoms with E-state index in [-0.39, 0.29) is 0 Å². The summed E-state index contributed by atoms with van der Waals surface area (Å²) >= 11 is 0. The maximum Gasteiger partial charge on any atom is 0.367 e. The van der Waals surface area contributed by atoms with E-state index in [1.165, 1.54) is 75.7 Å². The van der Waals surface area contributed by atoms with E-state index in [0.717, 1.165) is 39.8 Å². The second-order valence-electron chi connectivity index (χ2n) is 15.3. The van der Waals surface area contributed by atoms with Crippen molar-refractivity contribution < 1.29 is 4.58 Å². The lowest BCUT2D eigenvalue weighted by molar-refractivity contribution is -0.325. The van der Waals surface area contributed by atoms with E-state index in [1.807, 2.05) is 0 Å². The second-order valence-corrected chi connectivity index (χ2v) is 15.3. The van der Waals surface area contributed by atoms with Crippen LogP contribution in [-0.2, 0) is 0 Å². The zero-order valence-electron chi connectivity index (χ0n) is 31.3. The lowest BCUT2D eigenvalue weighted by Gasteiger charge is -2.22. The van der Waals surface area contributed by atoms with Crippen molar-refractivity contribution in [3.8, 4) is 5.69 Å². The van der Waals surface area contributed by atoms with Gasteiger partial charge in [-0.2, -0.15) is 4.58 Å². The van der Waals surface area contributed by atoms with Crippen LogP contribution in [0.2, 0.25) is 0 Å². The van der Waals surface area contributed by atoms with Gasteiger partial charge in [-0.1, -0.05) is 157 Å². The fourth-order valence-electron chi connectivity index (χ4n) is 9.88. The molecule has 0 saturated carbocycles. The normalized spacial score (nSPS) is 13.2.